The quantitative estimate of drug-likeness (QED) is 0.149. The van der Waals surface area contributed by atoms with Crippen molar-refractivity contribution in [2.75, 3.05) is 0 Å². The van der Waals surface area contributed by atoms with Gasteiger partial charge in [-0.2, -0.15) is 0 Å². The van der Waals surface area contributed by atoms with Crippen molar-refractivity contribution < 1.29 is 34.9 Å². The standard InChI is InChI=1S/2HNO2.Na/c2*2-1-3;/h(H,2,3);1H;/q;;+1/p-1. The van der Waals surface area contributed by atoms with Crippen molar-refractivity contribution >= 4 is 0 Å². The van der Waals surface area contributed by atoms with Gasteiger partial charge < -0.3 is 10.1 Å². The van der Waals surface area contributed by atoms with Crippen molar-refractivity contribution in [2.45, 2.75) is 0 Å². The molecule has 0 bridgehead atoms. The van der Waals surface area contributed by atoms with Crippen LogP contribution < -0.4 is 34.9 Å². The summed E-state index contributed by atoms with van der Waals surface area (Å²) in [6, 6.07) is 0. The van der Waals surface area contributed by atoms with Crippen LogP contribution in [0.5, 0.6) is 0 Å². The van der Waals surface area contributed by atoms with Gasteiger partial charge in [-0.1, -0.05) is 0 Å². The molecule has 0 spiro atoms. The van der Waals surface area contributed by atoms with E-state index in [1.807, 2.05) is 0 Å². The van der Waals surface area contributed by atoms with Crippen molar-refractivity contribution in [3.8, 4) is 0 Å². The molecule has 0 aromatic heterocycles. The fraction of sp³-hybridized carbons (Fsp3) is 0. The molecule has 0 fully saturated rings. The minimum absolute atomic E-state index is 0. The number of rotatable bonds is 0. The van der Waals surface area contributed by atoms with Crippen LogP contribution in [-0.2, 0) is 0 Å². The average Bonchev–Trinajstić information content (AvgIpc) is 1.39. The summed E-state index contributed by atoms with van der Waals surface area (Å²) in [6.45, 7) is 0. The Balaban J connectivity index is -0.0000000400. The predicted molar refractivity (Wildman–Crippen MR) is 16.9 cm³/mol. The molecule has 7 heavy (non-hydrogen) atoms. The van der Waals surface area contributed by atoms with Gasteiger partial charge in [-0.3, -0.25) is 10.1 Å². The fourth-order valence-electron chi connectivity index (χ4n) is 0. The molecule has 0 aromatic rings. The monoisotopic (exact) mass is 116 g/mol. The third-order valence-corrected chi connectivity index (χ3v) is 0. The number of hydrogen-bond acceptors (Lipinski definition) is 5. The second kappa shape index (κ2) is 41.2. The van der Waals surface area contributed by atoms with Gasteiger partial charge in [0.25, 0.3) is 0 Å². The van der Waals surface area contributed by atoms with Crippen LogP contribution in [0.2, 0.25) is 0 Å². The average molecular weight is 116 g/mol. The zero-order chi connectivity index (χ0) is 5.41. The third kappa shape index (κ3) is 2090. The molecule has 0 saturated heterocycles. The summed E-state index contributed by atoms with van der Waals surface area (Å²) in [5, 5.41) is 17.4. The van der Waals surface area contributed by atoms with Crippen LogP contribution in [0, 0.1) is 20.2 Å². The van der Waals surface area contributed by atoms with Gasteiger partial charge >= 0.3 is 29.6 Å². The van der Waals surface area contributed by atoms with Gasteiger partial charge in [-0.15, -0.1) is 5.34 Å². The van der Waals surface area contributed by atoms with Gasteiger partial charge in [-0.25, -0.2) is 0 Å². The minimum Gasteiger partial charge on any atom is -0.444 e. The summed E-state index contributed by atoms with van der Waals surface area (Å²) >= 11 is 0. The Labute approximate surface area is 60.7 Å². The maximum Gasteiger partial charge on any atom is 1.00 e. The first-order valence-electron chi connectivity index (χ1n) is 0.773. The summed E-state index contributed by atoms with van der Waals surface area (Å²) in [4.78, 5) is 16.1. The van der Waals surface area contributed by atoms with Crippen molar-refractivity contribution in [3.63, 3.8) is 0 Å². The van der Waals surface area contributed by atoms with E-state index < -0.39 is 0 Å². The molecule has 0 rings (SSSR count). The van der Waals surface area contributed by atoms with Crippen LogP contribution in [0.25, 0.3) is 0 Å². The normalized spacial score (nSPS) is 3.43. The van der Waals surface area contributed by atoms with Gasteiger partial charge in [0.05, 0.1) is 0 Å². The molecule has 0 radical (unpaired) electrons. The molecule has 0 amide bonds. The van der Waals surface area contributed by atoms with Gasteiger partial charge in [0.2, 0.25) is 0 Å². The van der Waals surface area contributed by atoms with E-state index in [9.17, 15) is 0 Å². The van der Waals surface area contributed by atoms with Crippen LogP contribution in [0.4, 0.5) is 0 Å². The molecule has 7 heteroatoms. The first kappa shape index (κ1) is 15.8. The second-order valence-corrected chi connectivity index (χ2v) is 0.158. The van der Waals surface area contributed by atoms with E-state index in [0.717, 1.165) is 5.34 Å². The largest absolute Gasteiger partial charge is 1.00 e. The van der Waals surface area contributed by atoms with Gasteiger partial charge in [0, 0.05) is 5.34 Å². The second-order valence-electron chi connectivity index (χ2n) is 0.158. The van der Waals surface area contributed by atoms with Crippen LogP contribution in [0.1, 0.15) is 0 Å². The van der Waals surface area contributed by atoms with Gasteiger partial charge in [0.1, 0.15) is 0 Å². The van der Waals surface area contributed by atoms with Crippen LogP contribution >= 0.6 is 0 Å². The molecule has 0 aliphatic carbocycles. The summed E-state index contributed by atoms with van der Waals surface area (Å²) < 4.78 is 0. The van der Waals surface area contributed by atoms with Crippen molar-refractivity contribution in [1.29, 1.82) is 0 Å². The molecule has 0 atom stereocenters. The summed E-state index contributed by atoms with van der Waals surface area (Å²) in [7, 11) is 0. The molecule has 0 aromatic carbocycles. The molecule has 1 N–H and O–H groups in total. The minimum atomic E-state index is 0. The molecule has 0 aliphatic heterocycles. The van der Waals surface area contributed by atoms with Gasteiger partial charge in [0.15, 0.2) is 0 Å². The van der Waals surface area contributed by atoms with Crippen LogP contribution in [0.15, 0.2) is 5.34 Å². The van der Waals surface area contributed by atoms with E-state index in [2.05, 4.69) is 0 Å². The zero-order valence-electron chi connectivity index (χ0n) is 3.58. The molecule has 6 nitrogen and oxygen atoms in total. The first-order valence-corrected chi connectivity index (χ1v) is 0.773. The van der Waals surface area contributed by atoms with Crippen molar-refractivity contribution in [2.24, 2.45) is 5.34 Å². The Hall–Kier alpha value is -0.200. The van der Waals surface area contributed by atoms with Crippen molar-refractivity contribution in [1.82, 2.24) is 0 Å². The summed E-state index contributed by atoms with van der Waals surface area (Å²) in [6.07, 6.45) is 0. The maximum atomic E-state index is 8.12. The molecule has 0 saturated carbocycles. The Morgan fingerprint density at radius 2 is 1.57 bits per heavy atom. The predicted octanol–water partition coefficient (Wildman–Crippen LogP) is -4.41. The van der Waals surface area contributed by atoms with Crippen LogP contribution in [-0.4, -0.2) is 0 Å². The fourth-order valence-corrected chi connectivity index (χ4v) is 0. The van der Waals surface area contributed by atoms with Crippen molar-refractivity contribution in [3.05, 3.63) is 20.2 Å². The Morgan fingerprint density at radius 1 is 1.57 bits per heavy atom. The number of nitrogens with zero attached hydrogens (tertiary/aromatic N) is 1. The van der Waals surface area contributed by atoms with E-state index in [1.54, 1.807) is 0 Å². The maximum absolute atomic E-state index is 8.12. The molecular weight excluding hydrogens is 115 g/mol. The molecule has 0 unspecified atom stereocenters. The zero-order valence-corrected chi connectivity index (χ0v) is 5.58. The Kier molecular flexibility index (Phi) is 93.3. The molecule has 36 valence electrons. The number of hydrogen-bond donors (Lipinski definition) is 1. The van der Waals surface area contributed by atoms with E-state index in [4.69, 9.17) is 20.2 Å². The molecular formula is HN2NaO4. The summed E-state index contributed by atoms with van der Waals surface area (Å²) in [5.74, 6) is 0. The molecule has 0 aliphatic rings. The van der Waals surface area contributed by atoms with E-state index >= 15 is 0 Å². The first-order chi connectivity index (χ1) is 2.83. The Morgan fingerprint density at radius 3 is 1.57 bits per heavy atom. The topological polar surface area (TPSA) is 107 Å². The SMILES string of the molecule is O=N[O-].O=[NH+][O-].[Na+]. The van der Waals surface area contributed by atoms with E-state index in [1.165, 1.54) is 0 Å². The van der Waals surface area contributed by atoms with Gasteiger partial charge in [-0.05, 0) is 0 Å². The smallest absolute Gasteiger partial charge is 0.444 e. The Bertz CT molecular complexity index is 30.7. The third-order valence-electron chi connectivity index (χ3n) is 0. The summed E-state index contributed by atoms with van der Waals surface area (Å²) in [5.41, 5.74) is 0. The number of nitrogens with one attached hydrogen (secondary N) is 1. The van der Waals surface area contributed by atoms with Crippen LogP contribution in [0.3, 0.4) is 0 Å². The van der Waals surface area contributed by atoms with E-state index in [-0.39, 0.29) is 34.9 Å². The molecule has 0 heterocycles. The van der Waals surface area contributed by atoms with E-state index in [0.29, 0.717) is 0 Å².